The molecule has 0 saturated heterocycles. The van der Waals surface area contributed by atoms with Gasteiger partial charge in [-0.2, -0.15) is 5.26 Å². The number of hydrogen-bond acceptors (Lipinski definition) is 5. The standard InChI is InChI=1S/C19H19N3O3/c1-13(23)15-3-4-16(12-20)18(11-15)21-9-10-22-19(24)14-5-7-17(25-2)8-6-14/h3-8,11,21H,9-10H2,1-2H3,(H,22,24). The zero-order valence-corrected chi connectivity index (χ0v) is 14.1. The molecule has 0 spiro atoms. The number of nitrogens with zero attached hydrogens (tertiary/aromatic N) is 1. The van der Waals surface area contributed by atoms with Crippen molar-refractivity contribution in [3.8, 4) is 11.8 Å². The molecule has 0 aromatic heterocycles. The van der Waals surface area contributed by atoms with Gasteiger partial charge in [0.05, 0.1) is 18.4 Å². The van der Waals surface area contributed by atoms with E-state index in [1.54, 1.807) is 49.6 Å². The van der Waals surface area contributed by atoms with Crippen molar-refractivity contribution in [1.82, 2.24) is 5.32 Å². The first kappa shape index (κ1) is 18.0. The van der Waals surface area contributed by atoms with E-state index in [2.05, 4.69) is 16.7 Å². The van der Waals surface area contributed by atoms with Gasteiger partial charge in [0.25, 0.3) is 5.91 Å². The van der Waals surface area contributed by atoms with Gasteiger partial charge in [-0.1, -0.05) is 0 Å². The van der Waals surface area contributed by atoms with Crippen LogP contribution in [0, 0.1) is 11.3 Å². The van der Waals surface area contributed by atoms with Crippen LogP contribution in [-0.2, 0) is 0 Å². The van der Waals surface area contributed by atoms with Gasteiger partial charge in [0.2, 0.25) is 0 Å². The van der Waals surface area contributed by atoms with E-state index in [1.807, 2.05) is 0 Å². The number of amides is 1. The van der Waals surface area contributed by atoms with Crippen molar-refractivity contribution in [2.75, 3.05) is 25.5 Å². The van der Waals surface area contributed by atoms with Crippen LogP contribution in [0.3, 0.4) is 0 Å². The number of anilines is 1. The van der Waals surface area contributed by atoms with Gasteiger partial charge >= 0.3 is 0 Å². The molecule has 0 radical (unpaired) electrons. The second kappa shape index (κ2) is 8.50. The monoisotopic (exact) mass is 337 g/mol. The number of hydrogen-bond donors (Lipinski definition) is 2. The minimum Gasteiger partial charge on any atom is -0.497 e. The topological polar surface area (TPSA) is 91.2 Å². The maximum Gasteiger partial charge on any atom is 0.251 e. The van der Waals surface area contributed by atoms with Crippen LogP contribution in [-0.4, -0.2) is 31.9 Å². The van der Waals surface area contributed by atoms with Crippen molar-refractivity contribution in [2.45, 2.75) is 6.92 Å². The van der Waals surface area contributed by atoms with E-state index in [1.165, 1.54) is 6.92 Å². The van der Waals surface area contributed by atoms with E-state index in [0.717, 1.165) is 0 Å². The van der Waals surface area contributed by atoms with Gasteiger partial charge in [0.15, 0.2) is 5.78 Å². The zero-order chi connectivity index (χ0) is 18.2. The van der Waals surface area contributed by atoms with Gasteiger partial charge in [-0.3, -0.25) is 9.59 Å². The molecule has 0 heterocycles. The molecule has 0 aliphatic heterocycles. The molecule has 2 aromatic rings. The Labute approximate surface area is 146 Å². The number of benzene rings is 2. The molecule has 128 valence electrons. The molecule has 6 heteroatoms. The summed E-state index contributed by atoms with van der Waals surface area (Å²) in [6.07, 6.45) is 0. The summed E-state index contributed by atoms with van der Waals surface area (Å²) in [5.74, 6) is 0.426. The molecule has 0 bridgehead atoms. The minimum atomic E-state index is -0.192. The average Bonchev–Trinajstić information content (AvgIpc) is 2.64. The van der Waals surface area contributed by atoms with Crippen molar-refractivity contribution in [2.24, 2.45) is 0 Å². The van der Waals surface area contributed by atoms with Crippen LogP contribution >= 0.6 is 0 Å². The first-order valence-electron chi connectivity index (χ1n) is 7.76. The summed E-state index contributed by atoms with van der Waals surface area (Å²) in [6.45, 7) is 2.28. The van der Waals surface area contributed by atoms with Crippen LogP contribution in [0.4, 0.5) is 5.69 Å². The Bertz CT molecular complexity index is 808. The Morgan fingerprint density at radius 3 is 2.36 bits per heavy atom. The summed E-state index contributed by atoms with van der Waals surface area (Å²) in [5, 5.41) is 15.0. The molecule has 0 aliphatic rings. The first-order chi connectivity index (χ1) is 12.0. The van der Waals surface area contributed by atoms with Crippen LogP contribution in [0.2, 0.25) is 0 Å². The fourth-order valence-electron chi connectivity index (χ4n) is 2.22. The van der Waals surface area contributed by atoms with Crippen LogP contribution < -0.4 is 15.4 Å². The lowest BCUT2D eigenvalue weighted by molar-refractivity contribution is 0.0954. The minimum absolute atomic E-state index is 0.0691. The molecule has 0 saturated carbocycles. The van der Waals surface area contributed by atoms with Crippen LogP contribution in [0.5, 0.6) is 5.75 Å². The molecule has 25 heavy (non-hydrogen) atoms. The predicted molar refractivity (Wildman–Crippen MR) is 95.0 cm³/mol. The Balaban J connectivity index is 1.90. The lowest BCUT2D eigenvalue weighted by Crippen LogP contribution is -2.28. The van der Waals surface area contributed by atoms with Crippen LogP contribution in [0.1, 0.15) is 33.2 Å². The van der Waals surface area contributed by atoms with Crippen LogP contribution in [0.15, 0.2) is 42.5 Å². The maximum absolute atomic E-state index is 12.0. The molecule has 2 aromatic carbocycles. The van der Waals surface area contributed by atoms with Gasteiger partial charge in [-0.25, -0.2) is 0 Å². The van der Waals surface area contributed by atoms with Crippen molar-refractivity contribution in [3.63, 3.8) is 0 Å². The molecule has 0 atom stereocenters. The molecule has 6 nitrogen and oxygen atoms in total. The third-order valence-corrected chi connectivity index (χ3v) is 3.62. The average molecular weight is 337 g/mol. The van der Waals surface area contributed by atoms with Crippen molar-refractivity contribution < 1.29 is 14.3 Å². The van der Waals surface area contributed by atoms with E-state index in [4.69, 9.17) is 10.00 Å². The summed E-state index contributed by atoms with van der Waals surface area (Å²) in [7, 11) is 1.57. The molecule has 0 unspecified atom stereocenters. The summed E-state index contributed by atoms with van der Waals surface area (Å²) >= 11 is 0. The number of carbonyl (C=O) groups is 2. The number of nitrogens with one attached hydrogen (secondary N) is 2. The fourth-order valence-corrected chi connectivity index (χ4v) is 2.22. The Morgan fingerprint density at radius 1 is 1.08 bits per heavy atom. The van der Waals surface area contributed by atoms with E-state index in [0.29, 0.717) is 41.2 Å². The summed E-state index contributed by atoms with van der Waals surface area (Å²) in [6, 6.07) is 13.8. The van der Waals surface area contributed by atoms with Crippen molar-refractivity contribution >= 4 is 17.4 Å². The van der Waals surface area contributed by atoms with Crippen molar-refractivity contribution in [1.29, 1.82) is 5.26 Å². The quantitative estimate of drug-likeness (QED) is 0.598. The molecule has 1 amide bonds. The Morgan fingerprint density at radius 2 is 1.76 bits per heavy atom. The molecule has 0 fully saturated rings. The number of nitriles is 1. The summed E-state index contributed by atoms with van der Waals surface area (Å²) < 4.78 is 5.05. The predicted octanol–water partition coefficient (Wildman–Crippen LogP) is 2.61. The number of ketones is 1. The maximum atomic E-state index is 12.0. The highest BCUT2D eigenvalue weighted by atomic mass is 16.5. The molecule has 2 N–H and O–H groups in total. The second-order valence-electron chi connectivity index (χ2n) is 5.34. The summed E-state index contributed by atoms with van der Waals surface area (Å²) in [4.78, 5) is 23.5. The summed E-state index contributed by atoms with van der Waals surface area (Å²) in [5.41, 5.74) is 2.10. The first-order valence-corrected chi connectivity index (χ1v) is 7.76. The highest BCUT2D eigenvalue weighted by Gasteiger charge is 2.07. The van der Waals surface area contributed by atoms with Gasteiger partial charge in [-0.05, 0) is 49.4 Å². The van der Waals surface area contributed by atoms with Gasteiger partial charge < -0.3 is 15.4 Å². The third-order valence-electron chi connectivity index (χ3n) is 3.62. The van der Waals surface area contributed by atoms with Gasteiger partial charge in [0.1, 0.15) is 11.8 Å². The number of Topliss-reactive ketones (excluding diaryl/α,β-unsaturated/α-hetero) is 1. The lowest BCUT2D eigenvalue weighted by Gasteiger charge is -2.10. The number of methoxy groups -OCH3 is 1. The molecular weight excluding hydrogens is 318 g/mol. The van der Waals surface area contributed by atoms with E-state index in [9.17, 15) is 9.59 Å². The van der Waals surface area contributed by atoms with E-state index in [-0.39, 0.29) is 11.7 Å². The van der Waals surface area contributed by atoms with Gasteiger partial charge in [0, 0.05) is 24.2 Å². The van der Waals surface area contributed by atoms with Crippen molar-refractivity contribution in [3.05, 3.63) is 59.2 Å². The molecule has 0 aliphatic carbocycles. The number of rotatable bonds is 7. The van der Waals surface area contributed by atoms with Gasteiger partial charge in [-0.15, -0.1) is 0 Å². The normalized spacial score (nSPS) is 9.80. The Kier molecular flexibility index (Phi) is 6.13. The fraction of sp³-hybridized carbons (Fsp3) is 0.211. The second-order valence-corrected chi connectivity index (χ2v) is 5.34. The van der Waals surface area contributed by atoms with Crippen LogP contribution in [0.25, 0.3) is 0 Å². The zero-order valence-electron chi connectivity index (χ0n) is 14.1. The molecule has 2 rings (SSSR count). The SMILES string of the molecule is COc1ccc(C(=O)NCCNc2cc(C(C)=O)ccc2C#N)cc1. The lowest BCUT2D eigenvalue weighted by atomic mass is 10.1. The highest BCUT2D eigenvalue weighted by Crippen LogP contribution is 2.17. The number of ether oxygens (including phenoxy) is 1. The van der Waals surface area contributed by atoms with E-state index >= 15 is 0 Å². The number of carbonyl (C=O) groups excluding carboxylic acids is 2. The Hall–Kier alpha value is -3.33. The smallest absolute Gasteiger partial charge is 0.251 e. The third kappa shape index (κ3) is 4.82. The largest absolute Gasteiger partial charge is 0.497 e. The highest BCUT2D eigenvalue weighted by molar-refractivity contribution is 5.95. The molecular formula is C19H19N3O3. The van der Waals surface area contributed by atoms with E-state index < -0.39 is 0 Å².